The quantitative estimate of drug-likeness (QED) is 0.903. The molecule has 1 unspecified atom stereocenters. The molecule has 1 aromatic carbocycles. The maximum absolute atomic E-state index is 12.7. The standard InChI is InChI=1S/C17H19N3O2/c21-16-15(11-13-5-2-1-3-6-13)20(10-4-8-19-16)17(22)14-7-9-18-12-14/h1-3,5-7,9,12,15,18H,4,8,10-11H2,(H,19,21). The third-order valence-electron chi connectivity index (χ3n) is 3.93. The topological polar surface area (TPSA) is 65.2 Å². The highest BCUT2D eigenvalue weighted by Crippen LogP contribution is 2.16. The van der Waals surface area contributed by atoms with Crippen molar-refractivity contribution >= 4 is 11.8 Å². The summed E-state index contributed by atoms with van der Waals surface area (Å²) in [5, 5.41) is 2.90. The molecule has 1 saturated heterocycles. The van der Waals surface area contributed by atoms with Crippen molar-refractivity contribution in [2.45, 2.75) is 18.9 Å². The molecule has 114 valence electrons. The third-order valence-corrected chi connectivity index (χ3v) is 3.93. The van der Waals surface area contributed by atoms with E-state index in [4.69, 9.17) is 0 Å². The summed E-state index contributed by atoms with van der Waals surface area (Å²) in [4.78, 5) is 29.7. The second-order valence-corrected chi connectivity index (χ2v) is 5.45. The minimum Gasteiger partial charge on any atom is -0.367 e. The monoisotopic (exact) mass is 297 g/mol. The van der Waals surface area contributed by atoms with Crippen LogP contribution in [-0.4, -0.2) is 40.8 Å². The minimum absolute atomic E-state index is 0.0785. The summed E-state index contributed by atoms with van der Waals surface area (Å²) in [5.41, 5.74) is 1.64. The van der Waals surface area contributed by atoms with Crippen molar-refractivity contribution in [3.8, 4) is 0 Å². The molecule has 0 bridgehead atoms. The Labute approximate surface area is 129 Å². The number of nitrogens with one attached hydrogen (secondary N) is 2. The first kappa shape index (κ1) is 14.4. The molecule has 0 aliphatic carbocycles. The smallest absolute Gasteiger partial charge is 0.256 e. The van der Waals surface area contributed by atoms with Gasteiger partial charge in [-0.2, -0.15) is 0 Å². The van der Waals surface area contributed by atoms with E-state index >= 15 is 0 Å². The van der Waals surface area contributed by atoms with E-state index in [1.54, 1.807) is 23.4 Å². The SMILES string of the molecule is O=C1NCCCN(C(=O)c2cc[nH]c2)C1Cc1ccccc1. The van der Waals surface area contributed by atoms with Crippen LogP contribution >= 0.6 is 0 Å². The van der Waals surface area contributed by atoms with Crippen molar-refractivity contribution in [2.75, 3.05) is 13.1 Å². The Hall–Kier alpha value is -2.56. The second-order valence-electron chi connectivity index (χ2n) is 5.45. The summed E-state index contributed by atoms with van der Waals surface area (Å²) in [6, 6.07) is 11.1. The highest BCUT2D eigenvalue weighted by Gasteiger charge is 2.32. The van der Waals surface area contributed by atoms with Crippen LogP contribution in [0, 0.1) is 0 Å². The predicted octanol–water partition coefficient (Wildman–Crippen LogP) is 1.59. The largest absolute Gasteiger partial charge is 0.367 e. The summed E-state index contributed by atoms with van der Waals surface area (Å²) in [6.07, 6.45) is 4.69. The fourth-order valence-corrected chi connectivity index (χ4v) is 2.78. The number of aromatic amines is 1. The number of hydrogen-bond acceptors (Lipinski definition) is 2. The maximum atomic E-state index is 12.7. The number of rotatable bonds is 3. The Morgan fingerprint density at radius 3 is 2.77 bits per heavy atom. The van der Waals surface area contributed by atoms with Crippen LogP contribution in [0.15, 0.2) is 48.8 Å². The number of hydrogen-bond donors (Lipinski definition) is 2. The highest BCUT2D eigenvalue weighted by atomic mass is 16.2. The number of nitrogens with zero attached hydrogens (tertiary/aromatic N) is 1. The fourth-order valence-electron chi connectivity index (χ4n) is 2.78. The van der Waals surface area contributed by atoms with Crippen molar-refractivity contribution in [3.05, 3.63) is 59.9 Å². The lowest BCUT2D eigenvalue weighted by Gasteiger charge is -2.28. The average Bonchev–Trinajstić information content (AvgIpc) is 3.02. The van der Waals surface area contributed by atoms with Crippen LogP contribution < -0.4 is 5.32 Å². The summed E-state index contributed by atoms with van der Waals surface area (Å²) < 4.78 is 0. The van der Waals surface area contributed by atoms with Crippen LogP contribution in [0.2, 0.25) is 0 Å². The number of carbonyl (C=O) groups is 2. The van der Waals surface area contributed by atoms with Gasteiger partial charge in [0.05, 0.1) is 5.56 Å². The maximum Gasteiger partial charge on any atom is 0.256 e. The minimum atomic E-state index is -0.465. The van der Waals surface area contributed by atoms with E-state index in [-0.39, 0.29) is 11.8 Å². The molecule has 1 atom stereocenters. The fraction of sp³-hybridized carbons (Fsp3) is 0.294. The Kier molecular flexibility index (Phi) is 4.23. The van der Waals surface area contributed by atoms with Crippen molar-refractivity contribution < 1.29 is 9.59 Å². The number of benzene rings is 1. The second kappa shape index (κ2) is 6.47. The summed E-state index contributed by atoms with van der Waals surface area (Å²) in [7, 11) is 0. The van der Waals surface area contributed by atoms with Crippen LogP contribution in [0.4, 0.5) is 0 Å². The van der Waals surface area contributed by atoms with Gasteiger partial charge < -0.3 is 15.2 Å². The predicted molar refractivity (Wildman–Crippen MR) is 83.4 cm³/mol. The zero-order chi connectivity index (χ0) is 15.4. The zero-order valence-corrected chi connectivity index (χ0v) is 12.3. The molecule has 0 spiro atoms. The van der Waals surface area contributed by atoms with Crippen molar-refractivity contribution in [1.29, 1.82) is 0 Å². The average molecular weight is 297 g/mol. The van der Waals surface area contributed by atoms with Gasteiger partial charge in [-0.15, -0.1) is 0 Å². The van der Waals surface area contributed by atoms with Crippen molar-refractivity contribution in [2.24, 2.45) is 0 Å². The van der Waals surface area contributed by atoms with E-state index in [0.717, 1.165) is 12.0 Å². The van der Waals surface area contributed by atoms with Crippen LogP contribution in [0.3, 0.4) is 0 Å². The Bertz CT molecular complexity index is 637. The van der Waals surface area contributed by atoms with Crippen LogP contribution in [-0.2, 0) is 11.2 Å². The first-order valence-electron chi connectivity index (χ1n) is 7.51. The molecule has 1 aromatic heterocycles. The molecule has 22 heavy (non-hydrogen) atoms. The van der Waals surface area contributed by atoms with Crippen LogP contribution in [0.25, 0.3) is 0 Å². The number of amides is 2. The van der Waals surface area contributed by atoms with Gasteiger partial charge in [0.2, 0.25) is 5.91 Å². The first-order valence-corrected chi connectivity index (χ1v) is 7.51. The van der Waals surface area contributed by atoms with Gasteiger partial charge in [-0.05, 0) is 18.1 Å². The van der Waals surface area contributed by atoms with Gasteiger partial charge in [0.15, 0.2) is 0 Å². The highest BCUT2D eigenvalue weighted by molar-refractivity contribution is 5.97. The molecule has 1 fully saturated rings. The number of carbonyl (C=O) groups excluding carboxylic acids is 2. The Balaban J connectivity index is 1.86. The molecule has 2 N–H and O–H groups in total. The van der Waals surface area contributed by atoms with E-state index in [1.807, 2.05) is 30.3 Å². The van der Waals surface area contributed by atoms with Gasteiger partial charge >= 0.3 is 0 Å². The molecular weight excluding hydrogens is 278 g/mol. The zero-order valence-electron chi connectivity index (χ0n) is 12.3. The Morgan fingerprint density at radius 1 is 1.23 bits per heavy atom. The molecule has 0 saturated carbocycles. The molecule has 5 heteroatoms. The Morgan fingerprint density at radius 2 is 2.05 bits per heavy atom. The van der Waals surface area contributed by atoms with E-state index in [2.05, 4.69) is 10.3 Å². The van der Waals surface area contributed by atoms with Gasteiger partial charge in [0.1, 0.15) is 6.04 Å². The molecule has 2 aromatic rings. The molecule has 3 rings (SSSR count). The van der Waals surface area contributed by atoms with Crippen molar-refractivity contribution in [3.63, 3.8) is 0 Å². The molecule has 0 radical (unpaired) electrons. The molecular formula is C17H19N3O2. The normalized spacial score (nSPS) is 18.6. The van der Waals surface area contributed by atoms with Crippen molar-refractivity contribution in [1.82, 2.24) is 15.2 Å². The lowest BCUT2D eigenvalue weighted by molar-refractivity contribution is -0.124. The lowest BCUT2D eigenvalue weighted by Crippen LogP contribution is -2.48. The molecule has 1 aliphatic heterocycles. The van der Waals surface area contributed by atoms with E-state index in [0.29, 0.717) is 25.1 Å². The molecule has 1 aliphatic rings. The van der Waals surface area contributed by atoms with Gasteiger partial charge in [0, 0.05) is 31.9 Å². The molecule has 2 amide bonds. The molecule has 2 heterocycles. The van der Waals surface area contributed by atoms with Gasteiger partial charge in [-0.25, -0.2) is 0 Å². The summed E-state index contributed by atoms with van der Waals surface area (Å²) in [6.45, 7) is 1.20. The third kappa shape index (κ3) is 3.03. The number of aromatic nitrogens is 1. The molecule has 5 nitrogen and oxygen atoms in total. The van der Waals surface area contributed by atoms with E-state index in [9.17, 15) is 9.59 Å². The van der Waals surface area contributed by atoms with Crippen LogP contribution in [0.5, 0.6) is 0 Å². The summed E-state index contributed by atoms with van der Waals surface area (Å²) in [5.74, 6) is -0.176. The van der Waals surface area contributed by atoms with Crippen LogP contribution in [0.1, 0.15) is 22.3 Å². The number of H-pyrrole nitrogens is 1. The van der Waals surface area contributed by atoms with E-state index in [1.165, 1.54) is 0 Å². The lowest BCUT2D eigenvalue weighted by atomic mass is 10.0. The van der Waals surface area contributed by atoms with Gasteiger partial charge in [-0.1, -0.05) is 30.3 Å². The first-order chi connectivity index (χ1) is 10.8. The van der Waals surface area contributed by atoms with E-state index < -0.39 is 6.04 Å². The van der Waals surface area contributed by atoms with Gasteiger partial charge in [0.25, 0.3) is 5.91 Å². The van der Waals surface area contributed by atoms with Gasteiger partial charge in [-0.3, -0.25) is 9.59 Å². The summed E-state index contributed by atoms with van der Waals surface area (Å²) >= 11 is 0.